The fraction of sp³-hybridized carbons (Fsp3) is 0.545. The van der Waals surface area contributed by atoms with Crippen molar-refractivity contribution in [1.82, 2.24) is 10.6 Å². The van der Waals surface area contributed by atoms with Crippen molar-refractivity contribution >= 4 is 11.5 Å². The Labute approximate surface area is 159 Å². The lowest BCUT2D eigenvalue weighted by Crippen LogP contribution is -2.33. The molecule has 0 radical (unpaired) electrons. The molecule has 0 unspecified atom stereocenters. The van der Waals surface area contributed by atoms with E-state index in [2.05, 4.69) is 28.8 Å². The van der Waals surface area contributed by atoms with E-state index < -0.39 is 0 Å². The predicted molar refractivity (Wildman–Crippen MR) is 113 cm³/mol. The van der Waals surface area contributed by atoms with Crippen molar-refractivity contribution in [1.29, 1.82) is 0 Å². The number of nitrogens with one attached hydrogen (secondary N) is 2. The lowest BCUT2D eigenvalue weighted by molar-refractivity contribution is -0.113. The van der Waals surface area contributed by atoms with E-state index in [1.165, 1.54) is 32.1 Å². The first-order chi connectivity index (χ1) is 12.5. The molecule has 0 aliphatic heterocycles. The van der Waals surface area contributed by atoms with Gasteiger partial charge in [-0.25, -0.2) is 0 Å². The summed E-state index contributed by atoms with van der Waals surface area (Å²) in [5, 5.41) is 6.91. The molecule has 1 aliphatic rings. The van der Waals surface area contributed by atoms with Crippen LogP contribution >= 0.6 is 0 Å². The smallest absolute Gasteiger partial charge is 0.161 e. The van der Waals surface area contributed by atoms with Crippen LogP contribution in [0.15, 0.2) is 53.2 Å². The molecule has 0 amide bonds. The molecular weight excluding hydrogens is 322 g/mol. The first-order valence-corrected chi connectivity index (χ1v) is 9.65. The number of hydrogen-bond acceptors (Lipinski definition) is 4. The molecule has 0 aromatic rings. The second-order valence-electron chi connectivity index (χ2n) is 6.86. The van der Waals surface area contributed by atoms with E-state index in [0.29, 0.717) is 17.3 Å². The van der Waals surface area contributed by atoms with E-state index in [0.717, 1.165) is 30.8 Å². The minimum Gasteiger partial charge on any atom is -0.385 e. The van der Waals surface area contributed by atoms with Crippen LogP contribution in [0.5, 0.6) is 0 Å². The maximum atomic E-state index is 12.0. The number of carbonyl (C=O) groups is 1. The highest BCUT2D eigenvalue weighted by atomic mass is 16.1. The molecular formula is C22H35N3O. The van der Waals surface area contributed by atoms with Crippen LogP contribution in [0, 0.1) is 0 Å². The van der Waals surface area contributed by atoms with Crippen LogP contribution in [0.1, 0.15) is 52.4 Å². The minimum atomic E-state index is -0.0182. The summed E-state index contributed by atoms with van der Waals surface area (Å²) in [4.78, 5) is 16.3. The molecule has 1 saturated carbocycles. The number of allylic oxidation sites excluding steroid dienone is 5. The molecule has 0 bridgehead atoms. The summed E-state index contributed by atoms with van der Waals surface area (Å²) in [6, 6.07) is 0.683. The number of nitrogens with zero attached hydrogens (tertiary/aromatic N) is 1. The lowest BCUT2D eigenvalue weighted by atomic mass is 9.95. The second kappa shape index (κ2) is 12.4. The Kier molecular flexibility index (Phi) is 10.6. The third-order valence-electron chi connectivity index (χ3n) is 4.73. The Bertz CT molecular complexity index is 578. The van der Waals surface area contributed by atoms with Crippen LogP contribution in [0.25, 0.3) is 0 Å². The van der Waals surface area contributed by atoms with Crippen LogP contribution in [0.4, 0.5) is 0 Å². The molecule has 2 N–H and O–H groups in total. The summed E-state index contributed by atoms with van der Waals surface area (Å²) >= 11 is 0. The molecule has 1 rings (SSSR count). The highest BCUT2D eigenvalue weighted by Gasteiger charge is 2.12. The topological polar surface area (TPSA) is 53.5 Å². The first kappa shape index (κ1) is 22.1. The Morgan fingerprint density at radius 1 is 1.19 bits per heavy atom. The van der Waals surface area contributed by atoms with E-state index in [4.69, 9.17) is 0 Å². The Balaban J connectivity index is 2.52. The first-order valence-electron chi connectivity index (χ1n) is 9.65. The van der Waals surface area contributed by atoms with Crippen molar-refractivity contribution in [3.8, 4) is 0 Å². The third kappa shape index (κ3) is 7.96. The summed E-state index contributed by atoms with van der Waals surface area (Å²) in [7, 11) is 1.72. The van der Waals surface area contributed by atoms with Gasteiger partial charge in [0.2, 0.25) is 0 Å². The van der Waals surface area contributed by atoms with Crippen LogP contribution in [-0.2, 0) is 4.79 Å². The molecule has 4 heteroatoms. The zero-order valence-corrected chi connectivity index (χ0v) is 16.7. The van der Waals surface area contributed by atoms with Gasteiger partial charge in [-0.3, -0.25) is 9.79 Å². The van der Waals surface area contributed by atoms with Crippen molar-refractivity contribution in [2.45, 2.75) is 58.4 Å². The molecule has 0 saturated heterocycles. The van der Waals surface area contributed by atoms with Gasteiger partial charge in [0.05, 0.1) is 5.71 Å². The zero-order chi connectivity index (χ0) is 19.4. The molecule has 0 aromatic carbocycles. The van der Waals surface area contributed by atoms with Gasteiger partial charge in [-0.2, -0.15) is 0 Å². The van der Waals surface area contributed by atoms with E-state index in [-0.39, 0.29) is 5.78 Å². The maximum Gasteiger partial charge on any atom is 0.161 e. The van der Waals surface area contributed by atoms with Crippen LogP contribution < -0.4 is 10.6 Å². The van der Waals surface area contributed by atoms with Gasteiger partial charge in [-0.1, -0.05) is 44.6 Å². The largest absolute Gasteiger partial charge is 0.385 e. The van der Waals surface area contributed by atoms with Gasteiger partial charge in [-0.15, -0.1) is 0 Å². The highest BCUT2D eigenvalue weighted by Crippen LogP contribution is 2.17. The summed E-state index contributed by atoms with van der Waals surface area (Å²) in [5.74, 6) is -0.0182. The predicted octanol–water partition coefficient (Wildman–Crippen LogP) is 4.12. The van der Waals surface area contributed by atoms with E-state index in [1.54, 1.807) is 26.1 Å². The second-order valence-corrected chi connectivity index (χ2v) is 6.86. The van der Waals surface area contributed by atoms with Gasteiger partial charge in [0.25, 0.3) is 0 Å². The molecule has 0 aromatic heterocycles. The molecule has 1 aliphatic carbocycles. The molecule has 4 nitrogen and oxygen atoms in total. The monoisotopic (exact) mass is 357 g/mol. The van der Waals surface area contributed by atoms with Crippen molar-refractivity contribution in [3.63, 3.8) is 0 Å². The fourth-order valence-electron chi connectivity index (χ4n) is 3.19. The average molecular weight is 358 g/mol. The van der Waals surface area contributed by atoms with Gasteiger partial charge in [0.15, 0.2) is 5.78 Å². The summed E-state index contributed by atoms with van der Waals surface area (Å²) in [6.45, 7) is 13.0. The van der Waals surface area contributed by atoms with E-state index in [9.17, 15) is 4.79 Å². The van der Waals surface area contributed by atoms with E-state index in [1.807, 2.05) is 13.0 Å². The molecule has 0 spiro atoms. The van der Waals surface area contributed by atoms with Crippen molar-refractivity contribution in [3.05, 3.63) is 48.2 Å². The van der Waals surface area contributed by atoms with E-state index >= 15 is 0 Å². The Morgan fingerprint density at radius 3 is 2.46 bits per heavy atom. The number of Topliss-reactive ketones (excluding diaryl/α,β-unsaturated/α-hetero) is 1. The van der Waals surface area contributed by atoms with Gasteiger partial charge < -0.3 is 10.6 Å². The SMILES string of the molecule is C=C/C=C(\C)C(/C=C(/C(=C)NCCCNC1CCCCC1)C(C)=O)=NC. The number of aliphatic imine (C=N–C) groups is 1. The Morgan fingerprint density at radius 2 is 1.88 bits per heavy atom. The van der Waals surface area contributed by atoms with Crippen LogP contribution in [0.3, 0.4) is 0 Å². The van der Waals surface area contributed by atoms with Gasteiger partial charge in [0.1, 0.15) is 0 Å². The summed E-state index contributed by atoms with van der Waals surface area (Å²) in [5.41, 5.74) is 2.95. The molecule has 144 valence electrons. The van der Waals surface area contributed by atoms with Gasteiger partial charge in [-0.05, 0) is 51.3 Å². The number of rotatable bonds is 11. The Hall–Kier alpha value is -1.94. The summed E-state index contributed by atoms with van der Waals surface area (Å²) < 4.78 is 0. The quantitative estimate of drug-likeness (QED) is 0.253. The molecule has 0 heterocycles. The number of carbonyl (C=O) groups excluding carboxylic acids is 1. The van der Waals surface area contributed by atoms with Gasteiger partial charge >= 0.3 is 0 Å². The normalized spacial score (nSPS) is 17.1. The van der Waals surface area contributed by atoms with Crippen molar-refractivity contribution in [2.24, 2.45) is 4.99 Å². The average Bonchev–Trinajstić information content (AvgIpc) is 2.62. The van der Waals surface area contributed by atoms with Crippen LogP contribution in [-0.4, -0.2) is 37.7 Å². The van der Waals surface area contributed by atoms with Crippen molar-refractivity contribution in [2.75, 3.05) is 20.1 Å². The summed E-state index contributed by atoms with van der Waals surface area (Å²) in [6.07, 6.45) is 13.1. The van der Waals surface area contributed by atoms with Crippen LogP contribution in [0.2, 0.25) is 0 Å². The van der Waals surface area contributed by atoms with Crippen molar-refractivity contribution < 1.29 is 4.79 Å². The van der Waals surface area contributed by atoms with Gasteiger partial charge in [0, 0.05) is 30.9 Å². The standard InChI is InChI=1S/C22H35N3O/c1-6-11-17(2)22(23-5)16-21(19(4)26)18(3)24-14-10-15-25-20-12-8-7-9-13-20/h6,11,16,20,24-25H,1,3,7-10,12-15H2,2,4-5H3/b17-11+,21-16-,23-22?. The lowest BCUT2D eigenvalue weighted by Gasteiger charge is -2.23. The fourth-order valence-corrected chi connectivity index (χ4v) is 3.19. The molecule has 1 fully saturated rings. The number of hydrogen-bond donors (Lipinski definition) is 2. The molecule has 0 atom stereocenters. The highest BCUT2D eigenvalue weighted by molar-refractivity contribution is 6.13. The maximum absolute atomic E-state index is 12.0. The third-order valence-corrected chi connectivity index (χ3v) is 4.73. The zero-order valence-electron chi connectivity index (χ0n) is 16.7. The molecule has 26 heavy (non-hydrogen) atoms. The minimum absolute atomic E-state index is 0.0182. The number of ketones is 1.